The molecule has 2 aliphatic rings. The average molecular weight is 718 g/mol. The van der Waals surface area contributed by atoms with Gasteiger partial charge in [0.1, 0.15) is 12.2 Å². The Morgan fingerprint density at radius 1 is 0.577 bits per heavy atom. The summed E-state index contributed by atoms with van der Waals surface area (Å²) in [6, 6.07) is 11.1. The van der Waals surface area contributed by atoms with Crippen LogP contribution in [-0.4, -0.2) is 89.5 Å². The fourth-order valence-electron chi connectivity index (χ4n) is 5.30. The first-order valence-electron chi connectivity index (χ1n) is 15.9. The van der Waals surface area contributed by atoms with Gasteiger partial charge in [0.25, 0.3) is 5.91 Å². The lowest BCUT2D eigenvalue weighted by Gasteiger charge is -2.43. The largest absolute Gasteiger partial charge is 0.504 e. The first-order chi connectivity index (χ1) is 24.7. The summed E-state index contributed by atoms with van der Waals surface area (Å²) in [6.07, 6.45) is 2.10. The number of hydrogen-bond acceptors (Lipinski definition) is 14. The van der Waals surface area contributed by atoms with Crippen molar-refractivity contribution in [3.63, 3.8) is 0 Å². The quantitative estimate of drug-likeness (QED) is 0.0615. The van der Waals surface area contributed by atoms with Crippen LogP contribution in [-0.2, 0) is 33.4 Å². The van der Waals surface area contributed by atoms with Crippen molar-refractivity contribution in [3.8, 4) is 34.5 Å². The highest BCUT2D eigenvalue weighted by Gasteiger charge is 2.54. The summed E-state index contributed by atoms with van der Waals surface area (Å²) in [5.41, 5.74) is -1.38. The lowest BCUT2D eigenvalue weighted by molar-refractivity contribution is -0.205. The van der Waals surface area contributed by atoms with E-state index in [9.17, 15) is 54.9 Å². The number of phenols is 6. The van der Waals surface area contributed by atoms with Gasteiger partial charge in [0.2, 0.25) is 0 Å². The van der Waals surface area contributed by atoms with Gasteiger partial charge in [-0.15, -0.1) is 0 Å². The minimum Gasteiger partial charge on any atom is -0.504 e. The van der Waals surface area contributed by atoms with Gasteiger partial charge in [-0.25, -0.2) is 14.4 Å². The summed E-state index contributed by atoms with van der Waals surface area (Å²) in [7, 11) is 0. The van der Waals surface area contributed by atoms with Crippen LogP contribution in [0.1, 0.15) is 42.4 Å². The number of rotatable bonds is 11. The number of ether oxygens (including phenoxy) is 3. The van der Waals surface area contributed by atoms with Gasteiger partial charge in [-0.05, 0) is 84.2 Å². The molecule has 52 heavy (non-hydrogen) atoms. The molecule has 2 fully saturated rings. The van der Waals surface area contributed by atoms with Crippen molar-refractivity contribution < 1.29 is 69.1 Å². The number of phenolic OH excluding ortho intramolecular Hbond substituents is 6. The normalized spacial score (nSPS) is 21.6. The van der Waals surface area contributed by atoms with Crippen molar-refractivity contribution in [1.82, 2.24) is 5.32 Å². The molecule has 0 bridgehead atoms. The molecule has 0 unspecified atom stereocenters. The van der Waals surface area contributed by atoms with Crippen LogP contribution in [0.25, 0.3) is 18.2 Å². The predicted molar refractivity (Wildman–Crippen MR) is 181 cm³/mol. The van der Waals surface area contributed by atoms with Crippen LogP contribution in [0.5, 0.6) is 34.5 Å². The van der Waals surface area contributed by atoms with Crippen LogP contribution in [0.3, 0.4) is 0 Å². The van der Waals surface area contributed by atoms with Crippen molar-refractivity contribution in [3.05, 3.63) is 89.5 Å². The lowest BCUT2D eigenvalue weighted by atomic mass is 9.78. The number of amides is 1. The van der Waals surface area contributed by atoms with Crippen molar-refractivity contribution in [1.29, 1.82) is 0 Å². The summed E-state index contributed by atoms with van der Waals surface area (Å²) < 4.78 is 16.8. The molecule has 0 heterocycles. The molecular weight excluding hydrogens is 682 g/mol. The minimum absolute atomic E-state index is 0.187. The minimum atomic E-state index is -2.26. The van der Waals surface area contributed by atoms with Crippen LogP contribution in [0.4, 0.5) is 0 Å². The van der Waals surface area contributed by atoms with E-state index in [1.807, 2.05) is 0 Å². The number of aliphatic hydroxyl groups is 1. The molecule has 0 aliphatic heterocycles. The number of nitrogens with one attached hydrogen (secondary N) is 1. The maximum Gasteiger partial charge on any atom is 0.331 e. The third kappa shape index (κ3) is 9.60. The van der Waals surface area contributed by atoms with Gasteiger partial charge in [-0.3, -0.25) is 4.79 Å². The smallest absolute Gasteiger partial charge is 0.331 e. The Labute approximate surface area is 295 Å². The summed E-state index contributed by atoms with van der Waals surface area (Å²) in [4.78, 5) is 52.6. The first kappa shape index (κ1) is 36.8. The third-order valence-corrected chi connectivity index (χ3v) is 8.17. The van der Waals surface area contributed by atoms with E-state index in [0.717, 1.165) is 18.2 Å². The highest BCUT2D eigenvalue weighted by atomic mass is 16.6. The Balaban J connectivity index is 1.43. The maximum atomic E-state index is 13.3. The molecule has 3 aromatic carbocycles. The van der Waals surface area contributed by atoms with Gasteiger partial charge in [0, 0.05) is 37.1 Å². The molecule has 2 saturated carbocycles. The zero-order chi connectivity index (χ0) is 37.6. The molecule has 15 heteroatoms. The summed E-state index contributed by atoms with van der Waals surface area (Å²) in [5, 5.41) is 72.4. The zero-order valence-corrected chi connectivity index (χ0v) is 27.3. The molecule has 15 nitrogen and oxygen atoms in total. The van der Waals surface area contributed by atoms with E-state index in [1.54, 1.807) is 0 Å². The van der Waals surface area contributed by atoms with Crippen LogP contribution in [0.15, 0.2) is 72.8 Å². The topological polar surface area (TPSA) is 250 Å². The van der Waals surface area contributed by atoms with E-state index in [1.165, 1.54) is 72.8 Å². The highest BCUT2D eigenvalue weighted by molar-refractivity contribution is 5.90. The Kier molecular flexibility index (Phi) is 11.0. The number of aromatic hydroxyl groups is 6. The van der Waals surface area contributed by atoms with E-state index < -0.39 is 77.8 Å². The Bertz CT molecular complexity index is 1860. The van der Waals surface area contributed by atoms with Crippen molar-refractivity contribution in [2.24, 2.45) is 0 Å². The molecule has 0 spiro atoms. The first-order valence-corrected chi connectivity index (χ1v) is 15.9. The number of carbonyl (C=O) groups excluding carboxylic acids is 4. The molecule has 1 amide bonds. The monoisotopic (exact) mass is 717 g/mol. The molecule has 2 aliphatic carbocycles. The second-order valence-electron chi connectivity index (χ2n) is 12.3. The summed E-state index contributed by atoms with van der Waals surface area (Å²) >= 11 is 0. The van der Waals surface area contributed by atoms with Crippen LogP contribution >= 0.6 is 0 Å². The molecular formula is C37H35NO14. The van der Waals surface area contributed by atoms with E-state index in [2.05, 4.69) is 5.32 Å². The molecule has 8 N–H and O–H groups in total. The fourth-order valence-corrected chi connectivity index (χ4v) is 5.30. The maximum absolute atomic E-state index is 13.3. The van der Waals surface area contributed by atoms with Gasteiger partial charge in [-0.2, -0.15) is 0 Å². The van der Waals surface area contributed by atoms with Gasteiger partial charge >= 0.3 is 17.9 Å². The van der Waals surface area contributed by atoms with Crippen LogP contribution in [0, 0.1) is 0 Å². The zero-order valence-electron chi connectivity index (χ0n) is 27.3. The summed E-state index contributed by atoms with van der Waals surface area (Å²) in [5.74, 6) is -6.41. The second-order valence-corrected chi connectivity index (χ2v) is 12.3. The van der Waals surface area contributed by atoms with Crippen molar-refractivity contribution in [2.45, 2.75) is 55.6 Å². The molecule has 3 aromatic rings. The molecule has 0 aromatic heterocycles. The van der Waals surface area contributed by atoms with Crippen LogP contribution in [0.2, 0.25) is 0 Å². The summed E-state index contributed by atoms with van der Waals surface area (Å²) in [6.45, 7) is 0. The average Bonchev–Trinajstić information content (AvgIpc) is 3.92. The van der Waals surface area contributed by atoms with Gasteiger partial charge < -0.3 is 55.3 Å². The molecule has 0 saturated heterocycles. The SMILES string of the molecule is O=C(/C=C/c1ccc(O)c(O)c1)O[C@@H]1C[C@](O)(C(=O)NC2CC2)C[C@@H](OC(=O)/C=C/c2ccc(O)c(O)c2)[C@H]1OC(=O)/C=C/c1ccc(O)c(O)c1. The molecule has 0 radical (unpaired) electrons. The number of carbonyl (C=O) groups is 4. The molecule has 2 atom stereocenters. The standard InChI is InChI=1S/C37H35NO14/c39-24-9-1-20(15-27(24)42)4-12-32(45)50-30-18-37(49,36(48)38-23-7-8-23)19-31(51-33(46)13-5-21-2-10-25(40)28(43)16-21)35(30)52-34(47)14-6-22-3-11-26(41)29(44)17-22/h1-6,9-17,23,30-31,35,39-44,49H,7-8,18-19H2,(H,38,48)/b12-4+,13-5+,14-6+/t30-,31-,35-,37+/m1/s1. The Morgan fingerprint density at radius 2 is 0.942 bits per heavy atom. The van der Waals surface area contributed by atoms with Crippen molar-refractivity contribution in [2.75, 3.05) is 0 Å². The lowest BCUT2D eigenvalue weighted by Crippen LogP contribution is -2.61. The van der Waals surface area contributed by atoms with Crippen molar-refractivity contribution >= 4 is 42.0 Å². The van der Waals surface area contributed by atoms with Gasteiger partial charge in [-0.1, -0.05) is 18.2 Å². The predicted octanol–water partition coefficient (Wildman–Crippen LogP) is 2.90. The van der Waals surface area contributed by atoms with Gasteiger partial charge in [0.05, 0.1) is 0 Å². The molecule has 272 valence electrons. The highest BCUT2D eigenvalue weighted by Crippen LogP contribution is 2.36. The van der Waals surface area contributed by atoms with Crippen LogP contribution < -0.4 is 5.32 Å². The van der Waals surface area contributed by atoms with Gasteiger partial charge in [0.15, 0.2) is 46.2 Å². The Hall–Kier alpha value is -6.48. The van der Waals surface area contributed by atoms with E-state index in [0.29, 0.717) is 29.5 Å². The molecule has 5 rings (SSSR count). The third-order valence-electron chi connectivity index (χ3n) is 8.17. The van der Waals surface area contributed by atoms with E-state index in [4.69, 9.17) is 14.2 Å². The van der Waals surface area contributed by atoms with E-state index in [-0.39, 0.29) is 23.3 Å². The number of benzene rings is 3. The number of hydrogen-bond donors (Lipinski definition) is 8. The van der Waals surface area contributed by atoms with E-state index >= 15 is 0 Å². The second kappa shape index (κ2) is 15.6. The fraction of sp³-hybridized carbons (Fsp3) is 0.243. The Morgan fingerprint density at radius 3 is 1.29 bits per heavy atom. The number of esters is 3.